The van der Waals surface area contributed by atoms with Crippen molar-refractivity contribution in [1.29, 1.82) is 0 Å². The van der Waals surface area contributed by atoms with Crippen molar-refractivity contribution in [2.75, 3.05) is 25.5 Å². The van der Waals surface area contributed by atoms with Crippen molar-refractivity contribution in [3.8, 4) is 28.1 Å². The number of methoxy groups -OCH3 is 1. The van der Waals surface area contributed by atoms with Crippen molar-refractivity contribution in [2.24, 2.45) is 0 Å². The van der Waals surface area contributed by atoms with Crippen LogP contribution in [0.3, 0.4) is 0 Å². The molecule has 0 bridgehead atoms. The van der Waals surface area contributed by atoms with Crippen LogP contribution in [0.5, 0.6) is 5.75 Å². The molecule has 0 aliphatic carbocycles. The number of anilines is 1. The molecular weight excluding hydrogens is 474 g/mol. The van der Waals surface area contributed by atoms with Gasteiger partial charge < -0.3 is 10.1 Å². The Morgan fingerprint density at radius 1 is 0.944 bits per heavy atom. The molecule has 2 aromatic carbocycles. The van der Waals surface area contributed by atoms with E-state index in [1.165, 1.54) is 19.2 Å². The molecule has 0 fully saturated rings. The third-order valence-corrected chi connectivity index (χ3v) is 7.09. The Kier molecular flexibility index (Phi) is 7.42. The Morgan fingerprint density at radius 3 is 2.33 bits per heavy atom. The lowest BCUT2D eigenvalue weighted by atomic mass is 10.0. The Balaban J connectivity index is 1.48. The number of nitrogens with one attached hydrogen (secondary N) is 2. The summed E-state index contributed by atoms with van der Waals surface area (Å²) in [5, 5.41) is 8.10. The van der Waals surface area contributed by atoms with Crippen molar-refractivity contribution in [1.82, 2.24) is 19.5 Å². The van der Waals surface area contributed by atoms with Crippen molar-refractivity contribution >= 4 is 15.8 Å². The van der Waals surface area contributed by atoms with E-state index in [9.17, 15) is 8.42 Å². The molecule has 0 aliphatic rings. The highest BCUT2D eigenvalue weighted by molar-refractivity contribution is 7.89. The molecule has 8 nitrogen and oxygen atoms in total. The topological polar surface area (TPSA) is 98.1 Å². The lowest BCUT2D eigenvalue weighted by molar-refractivity contribution is 0.356. The minimum absolute atomic E-state index is 0.170. The van der Waals surface area contributed by atoms with Gasteiger partial charge in [0, 0.05) is 36.6 Å². The summed E-state index contributed by atoms with van der Waals surface area (Å²) in [7, 11) is -2.08. The molecular formula is C27H31N5O3S. The molecule has 0 saturated heterocycles. The maximum Gasteiger partial charge on any atom is 0.240 e. The fourth-order valence-corrected chi connectivity index (χ4v) is 4.68. The van der Waals surface area contributed by atoms with Gasteiger partial charge in [0.15, 0.2) is 0 Å². The van der Waals surface area contributed by atoms with E-state index in [1.807, 2.05) is 47.1 Å². The van der Waals surface area contributed by atoms with Gasteiger partial charge in [-0.15, -0.1) is 0 Å². The number of sulfonamides is 1. The lowest BCUT2D eigenvalue weighted by Gasteiger charge is -2.18. The Morgan fingerprint density at radius 2 is 1.67 bits per heavy atom. The van der Waals surface area contributed by atoms with Gasteiger partial charge in [0.25, 0.3) is 0 Å². The average Bonchev–Trinajstić information content (AvgIpc) is 3.34. The predicted octanol–water partition coefficient (Wildman–Crippen LogP) is 4.77. The lowest BCUT2D eigenvalue weighted by Crippen LogP contribution is -2.29. The van der Waals surface area contributed by atoms with Gasteiger partial charge in [0.05, 0.1) is 17.5 Å². The van der Waals surface area contributed by atoms with E-state index in [-0.39, 0.29) is 17.0 Å². The van der Waals surface area contributed by atoms with E-state index in [0.29, 0.717) is 18.1 Å². The van der Waals surface area contributed by atoms with E-state index < -0.39 is 10.0 Å². The van der Waals surface area contributed by atoms with Crippen LogP contribution in [0.4, 0.5) is 5.82 Å². The first kappa shape index (κ1) is 25.4. The van der Waals surface area contributed by atoms with Crippen molar-refractivity contribution in [2.45, 2.75) is 31.2 Å². The number of aromatic nitrogens is 3. The fraction of sp³-hybridized carbons (Fsp3) is 0.259. The monoisotopic (exact) mass is 505 g/mol. The van der Waals surface area contributed by atoms with Gasteiger partial charge in [-0.2, -0.15) is 5.10 Å². The van der Waals surface area contributed by atoms with Gasteiger partial charge >= 0.3 is 0 Å². The second-order valence-corrected chi connectivity index (χ2v) is 11.1. The molecule has 0 amide bonds. The molecule has 0 spiro atoms. The summed E-state index contributed by atoms with van der Waals surface area (Å²) in [6.45, 7) is 6.93. The number of pyridine rings is 1. The maximum absolute atomic E-state index is 12.5. The first-order valence-electron chi connectivity index (χ1n) is 11.7. The van der Waals surface area contributed by atoms with Crippen LogP contribution in [0.1, 0.15) is 20.8 Å². The molecule has 4 aromatic rings. The van der Waals surface area contributed by atoms with E-state index >= 15 is 0 Å². The van der Waals surface area contributed by atoms with Gasteiger partial charge in [-0.1, -0.05) is 30.3 Å². The molecule has 2 N–H and O–H groups in total. The first-order chi connectivity index (χ1) is 17.2. The molecule has 36 heavy (non-hydrogen) atoms. The number of rotatable bonds is 9. The van der Waals surface area contributed by atoms with E-state index in [0.717, 1.165) is 22.4 Å². The summed E-state index contributed by atoms with van der Waals surface area (Å²) >= 11 is 0. The zero-order valence-electron chi connectivity index (χ0n) is 20.9. The molecule has 9 heteroatoms. The van der Waals surface area contributed by atoms with E-state index in [4.69, 9.17) is 9.84 Å². The van der Waals surface area contributed by atoms with Crippen LogP contribution in [0.2, 0.25) is 0 Å². The van der Waals surface area contributed by atoms with Crippen molar-refractivity contribution < 1.29 is 13.2 Å². The third-order valence-electron chi connectivity index (χ3n) is 5.61. The van der Waals surface area contributed by atoms with Gasteiger partial charge in [0.2, 0.25) is 10.0 Å². The van der Waals surface area contributed by atoms with Crippen molar-refractivity contribution in [3.05, 3.63) is 79.1 Å². The van der Waals surface area contributed by atoms with Crippen LogP contribution in [0.15, 0.2) is 84.0 Å². The summed E-state index contributed by atoms with van der Waals surface area (Å²) in [6, 6.07) is 20.3. The molecule has 2 aromatic heterocycles. The summed E-state index contributed by atoms with van der Waals surface area (Å²) < 4.78 is 34.7. The average molecular weight is 506 g/mol. The second-order valence-electron chi connectivity index (χ2n) is 9.30. The van der Waals surface area contributed by atoms with E-state index in [2.05, 4.69) is 42.0 Å². The highest BCUT2D eigenvalue weighted by Crippen LogP contribution is 2.33. The van der Waals surface area contributed by atoms with Crippen molar-refractivity contribution in [3.63, 3.8) is 0 Å². The second kappa shape index (κ2) is 10.5. The number of nitrogens with zero attached hydrogens (tertiary/aromatic N) is 3. The molecule has 0 radical (unpaired) electrons. The largest absolute Gasteiger partial charge is 0.497 e. The minimum atomic E-state index is -3.62. The predicted molar refractivity (Wildman–Crippen MR) is 143 cm³/mol. The maximum atomic E-state index is 12.5. The van der Waals surface area contributed by atoms with E-state index in [1.54, 1.807) is 18.3 Å². The molecule has 188 valence electrons. The smallest absolute Gasteiger partial charge is 0.240 e. The summed E-state index contributed by atoms with van der Waals surface area (Å²) in [5.74, 6) is 1.25. The minimum Gasteiger partial charge on any atom is -0.497 e. The molecule has 0 aliphatic heterocycles. The van der Waals surface area contributed by atoms with Gasteiger partial charge in [-0.25, -0.2) is 18.1 Å². The summed E-state index contributed by atoms with van der Waals surface area (Å²) in [4.78, 5) is 4.59. The quantitative estimate of drug-likeness (QED) is 0.318. The molecule has 2 heterocycles. The standard InChI is InChI=1S/C27H31N5O3S/c1-27(2,3)32-19-24(26(31-32)20-8-6-5-7-9-20)21-14-15-28-25(18-21)29-16-17-30-36(33,34)23-12-10-22(35-4)11-13-23/h5-15,18-19,30H,16-17H2,1-4H3,(H,28,29). The van der Waals surface area contributed by atoms with Crippen LogP contribution in [0.25, 0.3) is 22.4 Å². The van der Waals surface area contributed by atoms with Crippen LogP contribution >= 0.6 is 0 Å². The van der Waals surface area contributed by atoms with Gasteiger partial charge in [-0.3, -0.25) is 4.68 Å². The highest BCUT2D eigenvalue weighted by atomic mass is 32.2. The zero-order valence-corrected chi connectivity index (χ0v) is 21.7. The third kappa shape index (κ3) is 5.92. The van der Waals surface area contributed by atoms with Gasteiger partial charge in [0.1, 0.15) is 17.3 Å². The zero-order chi connectivity index (χ0) is 25.8. The van der Waals surface area contributed by atoms with Gasteiger partial charge in [-0.05, 0) is 62.7 Å². The SMILES string of the molecule is COc1ccc(S(=O)(=O)NCCNc2cc(-c3cn(C(C)(C)C)nc3-c3ccccc3)ccn2)cc1. The van der Waals surface area contributed by atoms with Crippen LogP contribution in [-0.2, 0) is 15.6 Å². The molecule has 4 rings (SSSR count). The van der Waals surface area contributed by atoms with Crippen LogP contribution < -0.4 is 14.8 Å². The highest BCUT2D eigenvalue weighted by Gasteiger charge is 2.20. The summed E-state index contributed by atoms with van der Waals surface area (Å²) in [5.41, 5.74) is 3.74. The molecule has 0 atom stereocenters. The Hall–Kier alpha value is -3.69. The first-order valence-corrected chi connectivity index (χ1v) is 13.2. The fourth-order valence-electron chi connectivity index (χ4n) is 3.65. The molecule has 0 saturated carbocycles. The Labute approximate surface area is 212 Å². The van der Waals surface area contributed by atoms with Crippen LogP contribution in [0, 0.1) is 0 Å². The number of benzene rings is 2. The number of hydrogen-bond acceptors (Lipinski definition) is 6. The normalized spacial score (nSPS) is 11.9. The van der Waals surface area contributed by atoms with Crippen LogP contribution in [-0.4, -0.2) is 43.4 Å². The Bertz CT molecular complexity index is 1410. The number of ether oxygens (including phenoxy) is 1. The summed E-state index contributed by atoms with van der Waals surface area (Å²) in [6.07, 6.45) is 3.80. The number of hydrogen-bond donors (Lipinski definition) is 2. The molecule has 0 unspecified atom stereocenters.